The Labute approximate surface area is 167 Å². The summed E-state index contributed by atoms with van der Waals surface area (Å²) >= 11 is 6.10. The van der Waals surface area contributed by atoms with Gasteiger partial charge in [-0.2, -0.15) is 0 Å². The summed E-state index contributed by atoms with van der Waals surface area (Å²) in [6.07, 6.45) is 4.00. The van der Waals surface area contributed by atoms with E-state index in [0.29, 0.717) is 22.6 Å². The molecule has 5 nitrogen and oxygen atoms in total. The summed E-state index contributed by atoms with van der Waals surface area (Å²) in [5.41, 5.74) is 6.76. The van der Waals surface area contributed by atoms with E-state index in [9.17, 15) is 0 Å². The van der Waals surface area contributed by atoms with Gasteiger partial charge in [-0.05, 0) is 50.0 Å². The highest BCUT2D eigenvalue weighted by atomic mass is 127. The highest BCUT2D eigenvalue weighted by molar-refractivity contribution is 14.0. The molecule has 3 N–H and O–H groups in total. The van der Waals surface area contributed by atoms with Crippen LogP contribution in [0.3, 0.4) is 0 Å². The zero-order valence-electron chi connectivity index (χ0n) is 14.4. The van der Waals surface area contributed by atoms with E-state index < -0.39 is 0 Å². The summed E-state index contributed by atoms with van der Waals surface area (Å²) in [6, 6.07) is 5.45. The Balaban J connectivity index is 0.00000288. The SMILES string of the molecule is COc1ccc(NC(N)=NCC(C)CN2CCCCC2)cc1Cl.I. The molecule has 1 saturated heterocycles. The third kappa shape index (κ3) is 7.03. The lowest BCUT2D eigenvalue weighted by molar-refractivity contribution is 0.203. The molecular weight excluding hydrogens is 439 g/mol. The summed E-state index contributed by atoms with van der Waals surface area (Å²) < 4.78 is 5.13. The number of hydrogen-bond donors (Lipinski definition) is 2. The summed E-state index contributed by atoms with van der Waals surface area (Å²) in [5, 5.41) is 3.61. The van der Waals surface area contributed by atoms with Crippen LogP contribution in [-0.2, 0) is 0 Å². The molecule has 1 aliphatic heterocycles. The van der Waals surface area contributed by atoms with Crippen LogP contribution >= 0.6 is 35.6 Å². The molecule has 24 heavy (non-hydrogen) atoms. The van der Waals surface area contributed by atoms with E-state index in [-0.39, 0.29) is 24.0 Å². The monoisotopic (exact) mass is 466 g/mol. The van der Waals surface area contributed by atoms with Gasteiger partial charge in [-0.15, -0.1) is 24.0 Å². The number of likely N-dealkylation sites (tertiary alicyclic amines) is 1. The van der Waals surface area contributed by atoms with Gasteiger partial charge >= 0.3 is 0 Å². The minimum absolute atomic E-state index is 0. The molecule has 0 aromatic heterocycles. The van der Waals surface area contributed by atoms with E-state index in [1.807, 2.05) is 6.07 Å². The number of guanidine groups is 1. The van der Waals surface area contributed by atoms with Crippen LogP contribution in [0.2, 0.25) is 5.02 Å². The van der Waals surface area contributed by atoms with E-state index in [0.717, 1.165) is 18.8 Å². The van der Waals surface area contributed by atoms with E-state index in [4.69, 9.17) is 22.1 Å². The number of piperidine rings is 1. The Morgan fingerprint density at radius 2 is 2.08 bits per heavy atom. The lowest BCUT2D eigenvalue weighted by Crippen LogP contribution is -2.34. The number of rotatable bonds is 6. The Hall–Kier alpha value is -0.730. The van der Waals surface area contributed by atoms with Crippen molar-refractivity contribution in [3.8, 4) is 5.75 Å². The number of ether oxygens (including phenoxy) is 1. The molecule has 1 heterocycles. The van der Waals surface area contributed by atoms with Crippen molar-refractivity contribution in [2.45, 2.75) is 26.2 Å². The van der Waals surface area contributed by atoms with Crippen molar-refractivity contribution < 1.29 is 4.74 Å². The second-order valence-electron chi connectivity index (χ2n) is 6.17. The van der Waals surface area contributed by atoms with Gasteiger partial charge in [0, 0.05) is 18.8 Å². The zero-order chi connectivity index (χ0) is 16.7. The Morgan fingerprint density at radius 3 is 2.71 bits per heavy atom. The quantitative estimate of drug-likeness (QED) is 0.380. The molecule has 136 valence electrons. The molecule has 1 aromatic carbocycles. The molecule has 2 rings (SSSR count). The van der Waals surface area contributed by atoms with Crippen LogP contribution < -0.4 is 15.8 Å². The van der Waals surface area contributed by atoms with Crippen LogP contribution in [-0.4, -0.2) is 44.1 Å². The average molecular weight is 467 g/mol. The molecule has 1 atom stereocenters. The first kappa shape index (κ1) is 21.3. The fourth-order valence-electron chi connectivity index (χ4n) is 2.83. The fourth-order valence-corrected chi connectivity index (χ4v) is 3.08. The van der Waals surface area contributed by atoms with Gasteiger partial charge in [0.15, 0.2) is 5.96 Å². The number of nitrogens with one attached hydrogen (secondary N) is 1. The predicted molar refractivity (Wildman–Crippen MR) is 113 cm³/mol. The van der Waals surface area contributed by atoms with Crippen LogP contribution in [0.25, 0.3) is 0 Å². The number of hydrogen-bond acceptors (Lipinski definition) is 3. The maximum absolute atomic E-state index is 6.10. The molecule has 0 saturated carbocycles. The summed E-state index contributed by atoms with van der Waals surface area (Å²) in [6.45, 7) is 6.46. The number of halogens is 2. The van der Waals surface area contributed by atoms with Gasteiger partial charge in [-0.25, -0.2) is 0 Å². The first-order valence-corrected chi connectivity index (χ1v) is 8.59. The molecule has 1 aliphatic rings. The number of nitrogens with zero attached hydrogens (tertiary/aromatic N) is 2. The van der Waals surface area contributed by atoms with Crippen molar-refractivity contribution in [3.05, 3.63) is 23.2 Å². The molecule has 0 bridgehead atoms. The fraction of sp³-hybridized carbons (Fsp3) is 0.588. The largest absolute Gasteiger partial charge is 0.495 e. The topological polar surface area (TPSA) is 62.9 Å². The number of anilines is 1. The van der Waals surface area contributed by atoms with E-state index >= 15 is 0 Å². The lowest BCUT2D eigenvalue weighted by Gasteiger charge is -2.28. The van der Waals surface area contributed by atoms with Crippen LogP contribution in [0.1, 0.15) is 26.2 Å². The van der Waals surface area contributed by atoms with E-state index in [2.05, 4.69) is 22.1 Å². The van der Waals surface area contributed by atoms with Gasteiger partial charge < -0.3 is 20.7 Å². The van der Waals surface area contributed by atoms with Crippen molar-refractivity contribution in [2.75, 3.05) is 38.6 Å². The van der Waals surface area contributed by atoms with Crippen molar-refractivity contribution in [1.82, 2.24) is 4.90 Å². The molecule has 0 aliphatic carbocycles. The zero-order valence-corrected chi connectivity index (χ0v) is 17.5. The molecule has 1 unspecified atom stereocenters. The summed E-state index contributed by atoms with van der Waals surface area (Å²) in [4.78, 5) is 6.96. The van der Waals surface area contributed by atoms with Crippen LogP contribution in [0.5, 0.6) is 5.75 Å². The van der Waals surface area contributed by atoms with Crippen molar-refractivity contribution >= 4 is 47.2 Å². The molecule has 1 fully saturated rings. The van der Waals surface area contributed by atoms with E-state index in [1.54, 1.807) is 19.2 Å². The number of benzene rings is 1. The average Bonchev–Trinajstić information content (AvgIpc) is 2.54. The third-order valence-corrected chi connectivity index (χ3v) is 4.31. The predicted octanol–water partition coefficient (Wildman–Crippen LogP) is 3.82. The van der Waals surface area contributed by atoms with Crippen molar-refractivity contribution in [3.63, 3.8) is 0 Å². The smallest absolute Gasteiger partial charge is 0.193 e. The van der Waals surface area contributed by atoms with Crippen LogP contribution in [0.15, 0.2) is 23.2 Å². The second-order valence-corrected chi connectivity index (χ2v) is 6.57. The maximum atomic E-state index is 6.10. The minimum atomic E-state index is 0. The van der Waals surface area contributed by atoms with Crippen molar-refractivity contribution in [1.29, 1.82) is 0 Å². The molecule has 0 spiro atoms. The third-order valence-electron chi connectivity index (χ3n) is 4.02. The van der Waals surface area contributed by atoms with Crippen molar-refractivity contribution in [2.24, 2.45) is 16.6 Å². The van der Waals surface area contributed by atoms with Gasteiger partial charge in [-0.1, -0.05) is 24.9 Å². The van der Waals surface area contributed by atoms with Crippen LogP contribution in [0, 0.1) is 5.92 Å². The normalized spacial score (nSPS) is 17.0. The van der Waals surface area contributed by atoms with Gasteiger partial charge in [0.25, 0.3) is 0 Å². The summed E-state index contributed by atoms with van der Waals surface area (Å²) in [7, 11) is 1.59. The molecule has 1 aromatic rings. The Bertz CT molecular complexity index is 535. The molecule has 0 radical (unpaired) electrons. The second kappa shape index (κ2) is 11.0. The Kier molecular flexibility index (Phi) is 9.76. The Morgan fingerprint density at radius 1 is 1.38 bits per heavy atom. The number of methoxy groups -OCH3 is 1. The highest BCUT2D eigenvalue weighted by Crippen LogP contribution is 2.27. The van der Waals surface area contributed by atoms with Gasteiger partial charge in [0.05, 0.1) is 12.1 Å². The van der Waals surface area contributed by atoms with E-state index in [1.165, 1.54) is 32.4 Å². The molecular formula is C17H28ClIN4O. The van der Waals surface area contributed by atoms with Gasteiger partial charge in [0.2, 0.25) is 0 Å². The maximum Gasteiger partial charge on any atom is 0.193 e. The number of nitrogens with two attached hydrogens (primary N) is 1. The molecule has 7 heteroatoms. The number of aliphatic imine (C=N–C) groups is 1. The standard InChI is InChI=1S/C17H27ClN4O.HI/c1-13(12-22-8-4-3-5-9-22)11-20-17(19)21-14-6-7-16(23-2)15(18)10-14;/h6-7,10,13H,3-5,8-9,11-12H2,1-2H3,(H3,19,20,21);1H. The van der Waals surface area contributed by atoms with Crippen LogP contribution in [0.4, 0.5) is 5.69 Å². The first-order chi connectivity index (χ1) is 11.1. The summed E-state index contributed by atoms with van der Waals surface area (Å²) in [5.74, 6) is 1.55. The lowest BCUT2D eigenvalue weighted by atomic mass is 10.1. The van der Waals surface area contributed by atoms with Gasteiger partial charge in [-0.3, -0.25) is 4.99 Å². The highest BCUT2D eigenvalue weighted by Gasteiger charge is 2.13. The molecule has 0 amide bonds. The minimum Gasteiger partial charge on any atom is -0.495 e. The van der Waals surface area contributed by atoms with Gasteiger partial charge in [0.1, 0.15) is 5.75 Å². The first-order valence-electron chi connectivity index (χ1n) is 8.21.